The number of methoxy groups -OCH3 is 1. The van der Waals surface area contributed by atoms with Crippen LogP contribution in [-0.4, -0.2) is 44.8 Å². The minimum Gasteiger partial charge on any atom is -0.493 e. The van der Waals surface area contributed by atoms with Gasteiger partial charge in [0.1, 0.15) is 13.2 Å². The summed E-state index contributed by atoms with van der Waals surface area (Å²) in [6.45, 7) is 2.44. The molecule has 2 aromatic rings. The lowest BCUT2D eigenvalue weighted by Crippen LogP contribution is -2.38. The zero-order chi connectivity index (χ0) is 19.7. The number of hydrogen-bond donors (Lipinski definition) is 0. The van der Waals surface area contributed by atoms with Crippen LogP contribution < -0.4 is 19.1 Å². The van der Waals surface area contributed by atoms with Gasteiger partial charge in [0, 0.05) is 11.7 Å². The largest absolute Gasteiger partial charge is 0.493 e. The molecule has 1 amide bonds. The summed E-state index contributed by atoms with van der Waals surface area (Å²) in [5.41, 5.74) is 2.23. The Morgan fingerprint density at radius 3 is 2.79 bits per heavy atom. The fourth-order valence-corrected chi connectivity index (χ4v) is 3.62. The van der Waals surface area contributed by atoms with E-state index in [4.69, 9.17) is 18.9 Å². The summed E-state index contributed by atoms with van der Waals surface area (Å²) in [6.07, 6.45) is 0.787. The van der Waals surface area contributed by atoms with Gasteiger partial charge in [-0.15, -0.1) is 0 Å². The Kier molecular flexibility index (Phi) is 4.81. The highest BCUT2D eigenvalue weighted by atomic mass is 16.6. The summed E-state index contributed by atoms with van der Waals surface area (Å²) < 4.78 is 21.6. The minimum absolute atomic E-state index is 0.0259. The highest BCUT2D eigenvalue weighted by Gasteiger charge is 2.31. The summed E-state index contributed by atoms with van der Waals surface area (Å²) >= 11 is 0. The summed E-state index contributed by atoms with van der Waals surface area (Å²) in [7, 11) is 1.48. The van der Waals surface area contributed by atoms with E-state index >= 15 is 0 Å². The van der Waals surface area contributed by atoms with E-state index in [0.717, 1.165) is 17.7 Å². The summed E-state index contributed by atoms with van der Waals surface area (Å²) in [5.74, 6) is 0.395. The van der Waals surface area contributed by atoms with E-state index in [2.05, 4.69) is 0 Å². The predicted octanol–water partition coefficient (Wildman–Crippen LogP) is 2.60. The van der Waals surface area contributed by atoms with E-state index in [1.807, 2.05) is 31.2 Å². The van der Waals surface area contributed by atoms with E-state index in [1.54, 1.807) is 4.90 Å². The number of fused-ring (bicyclic) bond motifs is 2. The van der Waals surface area contributed by atoms with Crippen molar-refractivity contribution in [2.24, 2.45) is 0 Å². The molecule has 0 radical (unpaired) electrons. The number of para-hydroxylation sites is 1. The zero-order valence-electron chi connectivity index (χ0n) is 15.8. The maximum Gasteiger partial charge on any atom is 0.338 e. The number of benzene rings is 2. The molecule has 0 fully saturated rings. The molecule has 2 heterocycles. The second kappa shape index (κ2) is 7.42. The lowest BCUT2D eigenvalue weighted by Gasteiger charge is -2.23. The number of amides is 1. The normalized spacial score (nSPS) is 17.1. The number of hydrogen-bond acceptors (Lipinski definition) is 6. The number of esters is 1. The molecule has 0 saturated heterocycles. The molecule has 28 heavy (non-hydrogen) atoms. The minimum atomic E-state index is -0.622. The van der Waals surface area contributed by atoms with Crippen molar-refractivity contribution in [3.05, 3.63) is 47.5 Å². The lowest BCUT2D eigenvalue weighted by atomic mass is 10.1. The molecule has 0 spiro atoms. The average Bonchev–Trinajstić information content (AvgIpc) is 3.06. The van der Waals surface area contributed by atoms with Gasteiger partial charge in [0.2, 0.25) is 5.75 Å². The van der Waals surface area contributed by atoms with Gasteiger partial charge in [-0.05, 0) is 37.1 Å². The van der Waals surface area contributed by atoms with Gasteiger partial charge < -0.3 is 23.8 Å². The fraction of sp³-hybridized carbons (Fsp3) is 0.333. The number of anilines is 1. The van der Waals surface area contributed by atoms with E-state index in [-0.39, 0.29) is 24.1 Å². The van der Waals surface area contributed by atoms with Gasteiger partial charge in [-0.3, -0.25) is 4.79 Å². The summed E-state index contributed by atoms with van der Waals surface area (Å²) in [5, 5.41) is 0. The molecule has 0 saturated carbocycles. The van der Waals surface area contributed by atoms with Crippen LogP contribution in [0, 0.1) is 0 Å². The third kappa shape index (κ3) is 3.24. The maximum atomic E-state index is 12.7. The molecule has 0 aliphatic carbocycles. The topological polar surface area (TPSA) is 74.3 Å². The molecule has 0 unspecified atom stereocenters. The average molecular weight is 383 g/mol. The Morgan fingerprint density at radius 2 is 1.96 bits per heavy atom. The second-order valence-corrected chi connectivity index (χ2v) is 6.72. The Bertz CT molecular complexity index is 908. The van der Waals surface area contributed by atoms with Crippen molar-refractivity contribution in [3.63, 3.8) is 0 Å². The number of rotatable bonds is 4. The molecule has 2 aliphatic rings. The van der Waals surface area contributed by atoms with Crippen LogP contribution >= 0.6 is 0 Å². The van der Waals surface area contributed by atoms with Gasteiger partial charge >= 0.3 is 5.97 Å². The highest BCUT2D eigenvalue weighted by molar-refractivity contribution is 5.99. The van der Waals surface area contributed by atoms with Gasteiger partial charge in [-0.2, -0.15) is 0 Å². The van der Waals surface area contributed by atoms with Crippen LogP contribution in [0.2, 0.25) is 0 Å². The van der Waals surface area contributed by atoms with Gasteiger partial charge in [0.15, 0.2) is 18.1 Å². The second-order valence-electron chi connectivity index (χ2n) is 6.72. The third-order valence-electron chi connectivity index (χ3n) is 4.87. The molecule has 0 N–H and O–H groups in total. The molecule has 146 valence electrons. The van der Waals surface area contributed by atoms with Crippen molar-refractivity contribution >= 4 is 17.6 Å². The van der Waals surface area contributed by atoms with Gasteiger partial charge in [-0.25, -0.2) is 4.79 Å². The maximum absolute atomic E-state index is 12.7. The zero-order valence-corrected chi connectivity index (χ0v) is 15.8. The molecule has 2 aliphatic heterocycles. The molecule has 0 bridgehead atoms. The van der Waals surface area contributed by atoms with Crippen molar-refractivity contribution < 1.29 is 28.5 Å². The first-order valence-corrected chi connectivity index (χ1v) is 9.13. The molecule has 7 nitrogen and oxygen atoms in total. The van der Waals surface area contributed by atoms with Crippen LogP contribution in [0.25, 0.3) is 0 Å². The molecular weight excluding hydrogens is 362 g/mol. The molecular formula is C21H21NO6. The van der Waals surface area contributed by atoms with Crippen LogP contribution in [0.15, 0.2) is 36.4 Å². The lowest BCUT2D eigenvalue weighted by molar-refractivity contribution is -0.122. The number of carbonyl (C=O) groups is 2. The van der Waals surface area contributed by atoms with Crippen molar-refractivity contribution in [3.8, 4) is 17.2 Å². The Labute approximate surface area is 162 Å². The molecule has 0 aromatic heterocycles. The van der Waals surface area contributed by atoms with Gasteiger partial charge in [-0.1, -0.05) is 18.2 Å². The Morgan fingerprint density at radius 1 is 1.18 bits per heavy atom. The van der Waals surface area contributed by atoms with E-state index < -0.39 is 5.97 Å². The number of nitrogens with zero attached hydrogens (tertiary/aromatic N) is 1. The molecule has 1 atom stereocenters. The van der Waals surface area contributed by atoms with Crippen molar-refractivity contribution in [2.75, 3.05) is 31.8 Å². The van der Waals surface area contributed by atoms with Crippen molar-refractivity contribution in [1.29, 1.82) is 0 Å². The standard InChI is InChI=1S/C21H21NO6/c1-13-9-14-5-3-4-6-16(14)22(13)19(23)12-28-21(24)15-10-17(25-2)20-18(11-15)26-7-8-27-20/h3-6,10-11,13H,7-9,12H2,1-2H3/t13-/m0/s1. The van der Waals surface area contributed by atoms with E-state index in [9.17, 15) is 9.59 Å². The highest BCUT2D eigenvalue weighted by Crippen LogP contribution is 2.40. The van der Waals surface area contributed by atoms with Gasteiger partial charge in [0.25, 0.3) is 5.91 Å². The van der Waals surface area contributed by atoms with E-state index in [0.29, 0.717) is 30.5 Å². The third-order valence-corrected chi connectivity index (χ3v) is 4.87. The van der Waals surface area contributed by atoms with Crippen LogP contribution in [0.4, 0.5) is 5.69 Å². The van der Waals surface area contributed by atoms with Crippen molar-refractivity contribution in [1.82, 2.24) is 0 Å². The van der Waals surface area contributed by atoms with Gasteiger partial charge in [0.05, 0.1) is 12.7 Å². The quantitative estimate of drug-likeness (QED) is 0.756. The van der Waals surface area contributed by atoms with Crippen LogP contribution in [0.5, 0.6) is 17.2 Å². The smallest absolute Gasteiger partial charge is 0.338 e. The Hall–Kier alpha value is -3.22. The van der Waals surface area contributed by atoms with Crippen LogP contribution in [0.3, 0.4) is 0 Å². The van der Waals surface area contributed by atoms with Crippen LogP contribution in [-0.2, 0) is 16.0 Å². The Balaban J connectivity index is 1.47. The molecule has 7 heteroatoms. The SMILES string of the molecule is COc1cc(C(=O)OCC(=O)N2c3ccccc3C[C@@H]2C)cc2c1OCCO2. The first-order chi connectivity index (χ1) is 13.6. The summed E-state index contributed by atoms with van der Waals surface area (Å²) in [4.78, 5) is 26.9. The first kappa shape index (κ1) is 18.2. The van der Waals surface area contributed by atoms with Crippen LogP contribution in [0.1, 0.15) is 22.8 Å². The summed E-state index contributed by atoms with van der Waals surface area (Å²) in [6, 6.07) is 10.8. The monoisotopic (exact) mass is 383 g/mol. The van der Waals surface area contributed by atoms with Crippen molar-refractivity contribution in [2.45, 2.75) is 19.4 Å². The molecule has 2 aromatic carbocycles. The molecule has 4 rings (SSSR count). The van der Waals surface area contributed by atoms with E-state index in [1.165, 1.54) is 19.2 Å². The first-order valence-electron chi connectivity index (χ1n) is 9.13. The fourth-order valence-electron chi connectivity index (χ4n) is 3.62. The number of carbonyl (C=O) groups excluding carboxylic acids is 2. The number of ether oxygens (including phenoxy) is 4. The predicted molar refractivity (Wildman–Crippen MR) is 101 cm³/mol.